The molecule has 4 rings (SSSR count). The van der Waals surface area contributed by atoms with Crippen molar-refractivity contribution in [3.8, 4) is 11.8 Å². The Morgan fingerprint density at radius 3 is 2.55 bits per heavy atom. The Bertz CT molecular complexity index is 1390. The molecule has 1 aromatic heterocycles. The minimum Gasteiger partial charge on any atom is -0.378 e. The third-order valence-corrected chi connectivity index (χ3v) is 6.70. The van der Waals surface area contributed by atoms with E-state index in [9.17, 15) is 14.9 Å². The molecule has 33 heavy (non-hydrogen) atoms. The summed E-state index contributed by atoms with van der Waals surface area (Å²) in [4.78, 5) is 28.4. The van der Waals surface area contributed by atoms with Gasteiger partial charge in [-0.15, -0.1) is 11.3 Å². The van der Waals surface area contributed by atoms with Gasteiger partial charge in [0.2, 0.25) is 0 Å². The fraction of sp³-hybridized carbons (Fsp3) is 0.269. The molecule has 0 aliphatic carbocycles. The largest absolute Gasteiger partial charge is 0.378 e. The number of amides is 1. The molecule has 2 heterocycles. The predicted octanol–water partition coefficient (Wildman–Crippen LogP) is 2.13. The van der Waals surface area contributed by atoms with Gasteiger partial charge in [-0.05, 0) is 42.7 Å². The van der Waals surface area contributed by atoms with Gasteiger partial charge in [-0.3, -0.25) is 14.2 Å². The van der Waals surface area contributed by atoms with Crippen molar-refractivity contribution in [2.24, 2.45) is 0 Å². The molecular formula is C26H25N3O3S. The maximum Gasteiger partial charge on any atom is 0.273 e. The van der Waals surface area contributed by atoms with Gasteiger partial charge in [0, 0.05) is 13.1 Å². The van der Waals surface area contributed by atoms with Crippen molar-refractivity contribution in [1.29, 1.82) is 5.26 Å². The number of hydrogen-bond donors (Lipinski definition) is 0. The maximum absolute atomic E-state index is 13.5. The van der Waals surface area contributed by atoms with Crippen LogP contribution in [0, 0.1) is 18.3 Å². The highest BCUT2D eigenvalue weighted by atomic mass is 32.1. The van der Waals surface area contributed by atoms with Crippen LogP contribution in [0.1, 0.15) is 23.6 Å². The lowest BCUT2D eigenvalue weighted by Crippen LogP contribution is -2.42. The van der Waals surface area contributed by atoms with E-state index in [4.69, 9.17) is 4.74 Å². The highest BCUT2D eigenvalue weighted by Crippen LogP contribution is 2.10. The lowest BCUT2D eigenvalue weighted by molar-refractivity contribution is -0.128. The Balaban J connectivity index is 1.98. The van der Waals surface area contributed by atoms with Gasteiger partial charge < -0.3 is 9.64 Å². The zero-order chi connectivity index (χ0) is 23.4. The van der Waals surface area contributed by atoms with Gasteiger partial charge in [0.15, 0.2) is 5.57 Å². The van der Waals surface area contributed by atoms with E-state index in [2.05, 4.69) is 13.0 Å². The average molecular weight is 460 g/mol. The molecule has 1 aliphatic heterocycles. The van der Waals surface area contributed by atoms with E-state index < -0.39 is 0 Å². The van der Waals surface area contributed by atoms with Gasteiger partial charge in [0.05, 0.1) is 23.4 Å². The fourth-order valence-electron chi connectivity index (χ4n) is 3.79. The molecule has 1 aliphatic rings. The molecule has 0 unspecified atom stereocenters. The number of carbonyl (C=O) groups excluding carboxylic acids is 1. The smallest absolute Gasteiger partial charge is 0.273 e. The Labute approximate surface area is 196 Å². The molecule has 1 amide bonds. The number of benzene rings is 2. The molecule has 0 bridgehead atoms. The van der Waals surface area contributed by atoms with Crippen LogP contribution in [0.15, 0.2) is 53.3 Å². The second kappa shape index (κ2) is 9.99. The maximum atomic E-state index is 13.5. The quantitative estimate of drug-likeness (QED) is 0.599. The summed E-state index contributed by atoms with van der Waals surface area (Å²) in [7, 11) is 0. The molecular weight excluding hydrogens is 434 g/mol. The zero-order valence-electron chi connectivity index (χ0n) is 18.7. The first-order valence-corrected chi connectivity index (χ1v) is 11.7. The van der Waals surface area contributed by atoms with Crippen molar-refractivity contribution < 1.29 is 9.53 Å². The Hall–Kier alpha value is -3.47. The SMILES string of the molecule is CCc1ccc(-n2c(=O)/c(=C\c3cccc(C)c3)s/c2=C(/C#N)C(=O)N2CCOCC2)cc1. The first-order valence-electron chi connectivity index (χ1n) is 10.9. The number of nitrogens with zero attached hydrogens (tertiary/aromatic N) is 3. The summed E-state index contributed by atoms with van der Waals surface area (Å²) in [6, 6.07) is 17.6. The normalized spacial score (nSPS) is 15.3. The molecule has 3 aromatic rings. The molecule has 7 heteroatoms. The van der Waals surface area contributed by atoms with E-state index in [1.165, 1.54) is 15.9 Å². The van der Waals surface area contributed by atoms with Crippen LogP contribution in [-0.2, 0) is 16.0 Å². The number of aryl methyl sites for hydroxylation is 2. The van der Waals surface area contributed by atoms with E-state index in [0.29, 0.717) is 41.2 Å². The van der Waals surface area contributed by atoms with Crippen molar-refractivity contribution in [2.45, 2.75) is 20.3 Å². The fourth-order valence-corrected chi connectivity index (χ4v) is 4.88. The Morgan fingerprint density at radius 1 is 1.18 bits per heavy atom. The van der Waals surface area contributed by atoms with Crippen LogP contribution in [0.2, 0.25) is 0 Å². The summed E-state index contributed by atoms with van der Waals surface area (Å²) in [5.74, 6) is -0.372. The minimum atomic E-state index is -0.372. The standard InChI is InChI=1S/C26H25N3O3S/c1-3-19-7-9-21(10-8-19)29-25(31)23(16-20-6-4-5-18(2)15-20)33-26(29)22(17-27)24(30)28-11-13-32-14-12-28/h4-10,15-16H,3,11-14H2,1-2H3/b23-16+,26-22-. The minimum absolute atomic E-state index is 0.0255. The summed E-state index contributed by atoms with van der Waals surface area (Å²) in [5.41, 5.74) is 3.48. The van der Waals surface area contributed by atoms with Crippen LogP contribution in [-0.4, -0.2) is 41.7 Å². The first-order chi connectivity index (χ1) is 16.0. The van der Waals surface area contributed by atoms with Crippen LogP contribution in [0.3, 0.4) is 0 Å². The van der Waals surface area contributed by atoms with Crippen molar-refractivity contribution >= 4 is 28.9 Å². The summed E-state index contributed by atoms with van der Waals surface area (Å²) in [6.45, 7) is 5.78. The monoisotopic (exact) mass is 459 g/mol. The second-order valence-electron chi connectivity index (χ2n) is 7.88. The van der Waals surface area contributed by atoms with Gasteiger partial charge in [-0.2, -0.15) is 5.26 Å². The van der Waals surface area contributed by atoms with Gasteiger partial charge in [0.1, 0.15) is 10.7 Å². The van der Waals surface area contributed by atoms with Crippen LogP contribution in [0.25, 0.3) is 17.3 Å². The number of carbonyl (C=O) groups is 1. The lowest BCUT2D eigenvalue weighted by Gasteiger charge is -2.26. The van der Waals surface area contributed by atoms with Crippen LogP contribution in [0.4, 0.5) is 0 Å². The van der Waals surface area contributed by atoms with Gasteiger partial charge >= 0.3 is 0 Å². The molecule has 0 atom stereocenters. The molecule has 1 saturated heterocycles. The average Bonchev–Trinajstić information content (AvgIpc) is 3.15. The van der Waals surface area contributed by atoms with Crippen molar-refractivity contribution in [1.82, 2.24) is 9.47 Å². The molecule has 168 valence electrons. The number of ether oxygens (including phenoxy) is 1. The predicted molar refractivity (Wildman–Crippen MR) is 130 cm³/mol. The summed E-state index contributed by atoms with van der Waals surface area (Å²) in [5, 5.41) is 9.98. The van der Waals surface area contributed by atoms with E-state index in [-0.39, 0.29) is 17.0 Å². The second-order valence-corrected chi connectivity index (χ2v) is 8.91. The molecule has 6 nitrogen and oxygen atoms in total. The third kappa shape index (κ3) is 4.82. The molecule has 0 radical (unpaired) electrons. The van der Waals surface area contributed by atoms with E-state index in [0.717, 1.165) is 23.1 Å². The number of aromatic nitrogens is 1. The molecule has 2 aromatic carbocycles. The summed E-state index contributed by atoms with van der Waals surface area (Å²) >= 11 is 1.17. The number of thiazole rings is 1. The van der Waals surface area contributed by atoms with E-state index in [1.54, 1.807) is 4.90 Å². The van der Waals surface area contributed by atoms with Crippen molar-refractivity contribution in [3.63, 3.8) is 0 Å². The zero-order valence-corrected chi connectivity index (χ0v) is 19.5. The van der Waals surface area contributed by atoms with Crippen molar-refractivity contribution in [3.05, 3.63) is 84.8 Å². The highest BCUT2D eigenvalue weighted by molar-refractivity contribution is 7.07. The third-order valence-electron chi connectivity index (χ3n) is 5.60. The summed E-state index contributed by atoms with van der Waals surface area (Å²) < 4.78 is 7.65. The van der Waals surface area contributed by atoms with Gasteiger partial charge in [-0.25, -0.2) is 0 Å². The van der Waals surface area contributed by atoms with Crippen LogP contribution in [0.5, 0.6) is 0 Å². The van der Waals surface area contributed by atoms with Crippen LogP contribution < -0.4 is 14.8 Å². The molecule has 0 N–H and O–H groups in total. The number of morpholine rings is 1. The van der Waals surface area contributed by atoms with Crippen LogP contribution >= 0.6 is 11.3 Å². The summed E-state index contributed by atoms with van der Waals surface area (Å²) in [6.07, 6.45) is 2.69. The molecule has 0 saturated carbocycles. The van der Waals surface area contributed by atoms with E-state index in [1.807, 2.05) is 61.5 Å². The Morgan fingerprint density at radius 2 is 1.91 bits per heavy atom. The highest BCUT2D eigenvalue weighted by Gasteiger charge is 2.24. The molecule has 0 spiro atoms. The number of rotatable bonds is 4. The van der Waals surface area contributed by atoms with E-state index >= 15 is 0 Å². The Kier molecular flexibility index (Phi) is 6.87. The van der Waals surface area contributed by atoms with Gasteiger partial charge in [0.25, 0.3) is 11.5 Å². The molecule has 1 fully saturated rings. The number of hydrogen-bond acceptors (Lipinski definition) is 5. The topological polar surface area (TPSA) is 75.3 Å². The van der Waals surface area contributed by atoms with Gasteiger partial charge in [-0.1, -0.05) is 48.9 Å². The number of nitriles is 1. The van der Waals surface area contributed by atoms with Crippen molar-refractivity contribution in [2.75, 3.05) is 26.3 Å². The lowest BCUT2D eigenvalue weighted by atomic mass is 10.1. The first kappa shape index (κ1) is 22.7.